The molecule has 24 heavy (non-hydrogen) atoms. The highest BCUT2D eigenvalue weighted by atomic mass is 19.4. The van der Waals surface area contributed by atoms with Crippen molar-refractivity contribution < 1.29 is 18.0 Å². The Hall–Kier alpha value is -1.93. The Morgan fingerprint density at radius 1 is 1.25 bits per heavy atom. The Morgan fingerprint density at radius 2 is 1.96 bits per heavy atom. The van der Waals surface area contributed by atoms with Crippen LogP contribution in [-0.4, -0.2) is 46.9 Å². The van der Waals surface area contributed by atoms with E-state index in [2.05, 4.69) is 15.2 Å². The number of aromatic nitrogens is 3. The number of hydrogen-bond donors (Lipinski definition) is 1. The number of carbonyl (C=O) groups is 1. The Bertz CT molecular complexity index is 579. The largest absolute Gasteiger partial charge is 0.405 e. The maximum Gasteiger partial charge on any atom is 0.405 e. The smallest absolute Gasteiger partial charge is 0.347 e. The highest BCUT2D eigenvalue weighted by Gasteiger charge is 2.32. The van der Waals surface area contributed by atoms with E-state index in [1.165, 1.54) is 0 Å². The number of alkyl halides is 3. The summed E-state index contributed by atoms with van der Waals surface area (Å²) < 4.78 is 36.7. The summed E-state index contributed by atoms with van der Waals surface area (Å²) in [6, 6.07) is 0. The van der Waals surface area contributed by atoms with Crippen LogP contribution in [0.1, 0.15) is 38.1 Å². The zero-order valence-electron chi connectivity index (χ0n) is 13.9. The van der Waals surface area contributed by atoms with Crippen molar-refractivity contribution in [2.45, 2.75) is 45.7 Å². The molecule has 1 amide bonds. The third kappa shape index (κ3) is 4.78. The Kier molecular flexibility index (Phi) is 5.95. The van der Waals surface area contributed by atoms with Crippen LogP contribution in [0.2, 0.25) is 0 Å². The maximum atomic E-state index is 12.2. The topological polar surface area (TPSA) is 71.0 Å². The molecule has 1 aromatic heterocycles. The van der Waals surface area contributed by atoms with Gasteiger partial charge >= 0.3 is 6.18 Å². The molecule has 1 atom stereocenters. The number of amides is 1. The molecule has 0 spiro atoms. The summed E-state index contributed by atoms with van der Waals surface area (Å²) in [7, 11) is 0. The van der Waals surface area contributed by atoms with Crippen LogP contribution in [0.25, 0.3) is 0 Å². The molecule has 1 saturated heterocycles. The van der Waals surface area contributed by atoms with Gasteiger partial charge in [-0.3, -0.25) is 4.79 Å². The molecule has 0 saturated carbocycles. The molecule has 1 aliphatic heterocycles. The molecule has 1 aromatic rings. The van der Waals surface area contributed by atoms with Gasteiger partial charge in [0.2, 0.25) is 11.9 Å². The number of halogens is 3. The van der Waals surface area contributed by atoms with Crippen molar-refractivity contribution in [1.29, 1.82) is 0 Å². The molecule has 134 valence electrons. The van der Waals surface area contributed by atoms with E-state index >= 15 is 0 Å². The Balaban J connectivity index is 2.03. The number of hydrogen-bond acceptors (Lipinski definition) is 5. The van der Waals surface area contributed by atoms with Gasteiger partial charge < -0.3 is 10.2 Å². The van der Waals surface area contributed by atoms with Gasteiger partial charge in [0.05, 0.1) is 17.3 Å². The van der Waals surface area contributed by atoms with E-state index in [9.17, 15) is 18.0 Å². The number of piperidine rings is 1. The first-order valence-electron chi connectivity index (χ1n) is 8.16. The molecule has 6 nitrogen and oxygen atoms in total. The highest BCUT2D eigenvalue weighted by molar-refractivity contribution is 5.79. The van der Waals surface area contributed by atoms with Crippen molar-refractivity contribution in [3.63, 3.8) is 0 Å². The van der Waals surface area contributed by atoms with Crippen molar-refractivity contribution >= 4 is 11.9 Å². The van der Waals surface area contributed by atoms with Gasteiger partial charge in [-0.25, -0.2) is 4.98 Å². The zero-order valence-corrected chi connectivity index (χ0v) is 13.9. The first-order valence-corrected chi connectivity index (χ1v) is 8.16. The fourth-order valence-corrected chi connectivity index (χ4v) is 2.77. The molecule has 2 rings (SSSR count). The average Bonchev–Trinajstić information content (AvgIpc) is 2.58. The lowest BCUT2D eigenvalue weighted by molar-refractivity contribution is -0.140. The van der Waals surface area contributed by atoms with Crippen LogP contribution in [-0.2, 0) is 17.6 Å². The van der Waals surface area contributed by atoms with Gasteiger partial charge in [0, 0.05) is 13.1 Å². The summed E-state index contributed by atoms with van der Waals surface area (Å²) in [4.78, 5) is 18.3. The summed E-state index contributed by atoms with van der Waals surface area (Å²) in [5, 5.41) is 10.3. The Labute approximate surface area is 138 Å². The molecule has 2 heterocycles. The van der Waals surface area contributed by atoms with Crippen molar-refractivity contribution in [2.24, 2.45) is 5.92 Å². The van der Waals surface area contributed by atoms with E-state index in [-0.39, 0.29) is 0 Å². The molecule has 0 bridgehead atoms. The second-order valence-electron chi connectivity index (χ2n) is 5.83. The van der Waals surface area contributed by atoms with Crippen molar-refractivity contribution in [3.8, 4) is 0 Å². The van der Waals surface area contributed by atoms with Crippen LogP contribution in [0.3, 0.4) is 0 Å². The number of carbonyl (C=O) groups excluding carboxylic acids is 1. The van der Waals surface area contributed by atoms with Gasteiger partial charge in [-0.2, -0.15) is 18.3 Å². The summed E-state index contributed by atoms with van der Waals surface area (Å²) in [6.45, 7) is 3.63. The van der Waals surface area contributed by atoms with E-state index in [1.54, 1.807) is 0 Å². The van der Waals surface area contributed by atoms with Gasteiger partial charge in [0.25, 0.3) is 0 Å². The standard InChI is InChI=1S/C15H22F3N5O/c1-3-11-12(4-2)21-22-14(20-11)23-7-5-6-10(8-23)13(24)19-9-15(16,17)18/h10H,3-9H2,1-2H3,(H,19,24). The SMILES string of the molecule is CCc1nnc(N2CCCC(C(=O)NCC(F)(F)F)C2)nc1CC. The van der Waals surface area contributed by atoms with E-state index in [4.69, 9.17) is 0 Å². The number of anilines is 1. The third-order valence-corrected chi connectivity index (χ3v) is 4.04. The number of nitrogens with one attached hydrogen (secondary N) is 1. The predicted molar refractivity (Wildman–Crippen MR) is 82.6 cm³/mol. The molecule has 0 aromatic carbocycles. The van der Waals surface area contributed by atoms with Crippen molar-refractivity contribution in [1.82, 2.24) is 20.5 Å². The predicted octanol–water partition coefficient (Wildman–Crippen LogP) is 1.89. The van der Waals surface area contributed by atoms with E-state index in [0.29, 0.717) is 31.9 Å². The van der Waals surface area contributed by atoms with Crippen molar-refractivity contribution in [3.05, 3.63) is 11.4 Å². The molecule has 1 N–H and O–H groups in total. The molecular formula is C15H22F3N5O. The van der Waals surface area contributed by atoms with Crippen LogP contribution in [0.15, 0.2) is 0 Å². The minimum Gasteiger partial charge on any atom is -0.347 e. The zero-order chi connectivity index (χ0) is 17.7. The molecule has 1 aliphatic rings. The van der Waals surface area contributed by atoms with Crippen LogP contribution >= 0.6 is 0 Å². The average molecular weight is 345 g/mol. The van der Waals surface area contributed by atoms with Crippen LogP contribution < -0.4 is 10.2 Å². The van der Waals surface area contributed by atoms with Gasteiger partial charge in [-0.1, -0.05) is 13.8 Å². The third-order valence-electron chi connectivity index (χ3n) is 4.04. The van der Waals surface area contributed by atoms with Crippen molar-refractivity contribution in [2.75, 3.05) is 24.5 Å². The molecule has 9 heteroatoms. The maximum absolute atomic E-state index is 12.2. The number of nitrogens with zero attached hydrogens (tertiary/aromatic N) is 4. The van der Waals surface area contributed by atoms with E-state index < -0.39 is 24.5 Å². The first-order chi connectivity index (χ1) is 11.3. The van der Waals surface area contributed by atoms with Crippen LogP contribution in [0, 0.1) is 5.92 Å². The Morgan fingerprint density at radius 3 is 2.58 bits per heavy atom. The van der Waals surface area contributed by atoms with Crippen LogP contribution in [0.5, 0.6) is 0 Å². The monoisotopic (exact) mass is 345 g/mol. The summed E-state index contributed by atoms with van der Waals surface area (Å²) >= 11 is 0. The fourth-order valence-electron chi connectivity index (χ4n) is 2.77. The summed E-state index contributed by atoms with van der Waals surface area (Å²) in [6.07, 6.45) is -1.67. The lowest BCUT2D eigenvalue weighted by atomic mass is 9.97. The first kappa shape index (κ1) is 18.4. The summed E-state index contributed by atoms with van der Waals surface area (Å²) in [5.74, 6) is -0.635. The molecule has 1 fully saturated rings. The lowest BCUT2D eigenvalue weighted by Crippen LogP contribution is -2.45. The minimum absolute atomic E-state index is 0.306. The number of rotatable bonds is 5. The lowest BCUT2D eigenvalue weighted by Gasteiger charge is -2.32. The van der Waals surface area contributed by atoms with Gasteiger partial charge in [-0.15, -0.1) is 5.10 Å². The van der Waals surface area contributed by atoms with Crippen LogP contribution in [0.4, 0.5) is 19.1 Å². The fraction of sp³-hybridized carbons (Fsp3) is 0.733. The number of aryl methyl sites for hydroxylation is 2. The molecule has 0 aliphatic carbocycles. The summed E-state index contributed by atoms with van der Waals surface area (Å²) in [5.41, 5.74) is 1.71. The normalized spacial score (nSPS) is 18.5. The van der Waals surface area contributed by atoms with Gasteiger partial charge in [-0.05, 0) is 25.7 Å². The minimum atomic E-state index is -4.40. The second kappa shape index (κ2) is 7.76. The second-order valence-corrected chi connectivity index (χ2v) is 5.83. The van der Waals surface area contributed by atoms with E-state index in [1.807, 2.05) is 24.1 Å². The molecular weight excluding hydrogens is 323 g/mol. The van der Waals surface area contributed by atoms with Gasteiger partial charge in [0.15, 0.2) is 0 Å². The molecule has 0 radical (unpaired) electrons. The van der Waals surface area contributed by atoms with E-state index in [0.717, 1.165) is 24.2 Å². The molecule has 1 unspecified atom stereocenters. The quantitative estimate of drug-likeness (QED) is 0.882. The van der Waals surface area contributed by atoms with Gasteiger partial charge in [0.1, 0.15) is 6.54 Å². The highest BCUT2D eigenvalue weighted by Crippen LogP contribution is 2.21.